The van der Waals surface area contributed by atoms with Crippen molar-refractivity contribution in [3.8, 4) is 0 Å². The molecule has 20 heavy (non-hydrogen) atoms. The summed E-state index contributed by atoms with van der Waals surface area (Å²) in [6.07, 6.45) is 5.05. The Labute approximate surface area is 121 Å². The number of likely N-dealkylation sites (N-methyl/N-ethyl adjacent to an activating group) is 1. The molecule has 3 heteroatoms. The number of amides is 1. The van der Waals surface area contributed by atoms with E-state index in [0.717, 1.165) is 19.0 Å². The summed E-state index contributed by atoms with van der Waals surface area (Å²) in [5.74, 6) is 1.00. The number of rotatable bonds is 7. The van der Waals surface area contributed by atoms with Crippen LogP contribution < -0.4 is 5.32 Å². The summed E-state index contributed by atoms with van der Waals surface area (Å²) >= 11 is 0. The normalized spacial score (nSPS) is 19.9. The molecular weight excluding hydrogens is 248 g/mol. The summed E-state index contributed by atoms with van der Waals surface area (Å²) < 4.78 is 0. The third kappa shape index (κ3) is 3.40. The van der Waals surface area contributed by atoms with Gasteiger partial charge in [0.05, 0.1) is 6.54 Å². The molecule has 3 nitrogen and oxygen atoms in total. The second kappa shape index (κ2) is 5.57. The van der Waals surface area contributed by atoms with Gasteiger partial charge in [-0.3, -0.25) is 9.69 Å². The molecule has 0 radical (unpaired) electrons. The van der Waals surface area contributed by atoms with Crippen LogP contribution in [0.4, 0.5) is 0 Å². The van der Waals surface area contributed by atoms with Crippen molar-refractivity contribution in [3.63, 3.8) is 0 Å². The molecule has 2 saturated carbocycles. The molecule has 108 valence electrons. The van der Waals surface area contributed by atoms with Gasteiger partial charge in [0, 0.05) is 18.5 Å². The molecule has 0 aromatic heterocycles. The first-order valence-corrected chi connectivity index (χ1v) is 7.69. The van der Waals surface area contributed by atoms with Crippen molar-refractivity contribution in [1.29, 1.82) is 0 Å². The lowest BCUT2D eigenvalue weighted by Gasteiger charge is -2.19. The molecule has 0 unspecified atom stereocenters. The minimum Gasteiger partial charge on any atom is -0.354 e. The summed E-state index contributed by atoms with van der Waals surface area (Å²) in [7, 11) is 2.04. The topological polar surface area (TPSA) is 32.3 Å². The molecule has 0 bridgehead atoms. The summed E-state index contributed by atoms with van der Waals surface area (Å²) in [5.41, 5.74) is 1.58. The third-order valence-electron chi connectivity index (χ3n) is 4.54. The largest absolute Gasteiger partial charge is 0.354 e. The predicted molar refractivity (Wildman–Crippen MR) is 80.6 cm³/mol. The van der Waals surface area contributed by atoms with E-state index < -0.39 is 0 Å². The van der Waals surface area contributed by atoms with Crippen LogP contribution in [0.5, 0.6) is 0 Å². The van der Waals surface area contributed by atoms with Crippen LogP contribution in [0.25, 0.3) is 0 Å². The first kappa shape index (κ1) is 13.6. The number of carbonyl (C=O) groups excluding carboxylic acids is 1. The smallest absolute Gasteiger partial charge is 0.234 e. The molecule has 1 amide bonds. The van der Waals surface area contributed by atoms with E-state index in [-0.39, 0.29) is 11.3 Å². The zero-order valence-corrected chi connectivity index (χ0v) is 12.3. The van der Waals surface area contributed by atoms with E-state index in [1.807, 2.05) is 13.1 Å². The molecule has 2 aliphatic rings. The van der Waals surface area contributed by atoms with Crippen molar-refractivity contribution >= 4 is 5.91 Å². The van der Waals surface area contributed by atoms with Gasteiger partial charge in [-0.25, -0.2) is 0 Å². The standard InChI is InChI=1S/C17H24N2O/c1-19(11-14-7-8-14)12-16(20)18-13-17(9-10-17)15-5-3-2-4-6-15/h2-6,14H,7-13H2,1H3,(H,18,20). The van der Waals surface area contributed by atoms with Gasteiger partial charge in [0.25, 0.3) is 0 Å². The maximum absolute atomic E-state index is 12.0. The van der Waals surface area contributed by atoms with E-state index in [1.165, 1.54) is 31.2 Å². The maximum Gasteiger partial charge on any atom is 0.234 e. The van der Waals surface area contributed by atoms with Crippen LogP contribution in [-0.2, 0) is 10.2 Å². The zero-order chi connectivity index (χ0) is 14.0. The highest BCUT2D eigenvalue weighted by Gasteiger charge is 2.44. The number of nitrogens with one attached hydrogen (secondary N) is 1. The van der Waals surface area contributed by atoms with Crippen LogP contribution in [0.1, 0.15) is 31.2 Å². The summed E-state index contributed by atoms with van der Waals surface area (Å²) in [6, 6.07) is 10.6. The highest BCUT2D eigenvalue weighted by Crippen LogP contribution is 2.47. The Hall–Kier alpha value is -1.35. The lowest BCUT2D eigenvalue weighted by Crippen LogP contribution is -2.39. The van der Waals surface area contributed by atoms with E-state index in [0.29, 0.717) is 6.54 Å². The van der Waals surface area contributed by atoms with Crippen molar-refractivity contribution in [1.82, 2.24) is 10.2 Å². The van der Waals surface area contributed by atoms with Gasteiger partial charge >= 0.3 is 0 Å². The van der Waals surface area contributed by atoms with Gasteiger partial charge in [0.2, 0.25) is 5.91 Å². The number of benzene rings is 1. The minimum atomic E-state index is 0.162. The SMILES string of the molecule is CN(CC(=O)NCC1(c2ccccc2)CC1)CC1CC1. The van der Waals surface area contributed by atoms with E-state index in [9.17, 15) is 4.79 Å². The summed E-state index contributed by atoms with van der Waals surface area (Å²) in [6.45, 7) is 2.38. The van der Waals surface area contributed by atoms with Crippen LogP contribution in [0.2, 0.25) is 0 Å². The van der Waals surface area contributed by atoms with Crippen molar-refractivity contribution < 1.29 is 4.79 Å². The van der Waals surface area contributed by atoms with Gasteiger partial charge in [-0.2, -0.15) is 0 Å². The number of hydrogen-bond acceptors (Lipinski definition) is 2. The fourth-order valence-corrected chi connectivity index (χ4v) is 2.88. The number of nitrogens with zero attached hydrogens (tertiary/aromatic N) is 1. The molecule has 1 aromatic carbocycles. The minimum absolute atomic E-state index is 0.162. The fourth-order valence-electron chi connectivity index (χ4n) is 2.88. The van der Waals surface area contributed by atoms with Gasteiger partial charge in [0.15, 0.2) is 0 Å². The highest BCUT2D eigenvalue weighted by molar-refractivity contribution is 5.78. The van der Waals surface area contributed by atoms with Crippen LogP contribution >= 0.6 is 0 Å². The monoisotopic (exact) mass is 272 g/mol. The Morgan fingerprint density at radius 2 is 2.00 bits per heavy atom. The lowest BCUT2D eigenvalue weighted by molar-refractivity contribution is -0.122. The molecule has 1 aromatic rings. The molecule has 1 N–H and O–H groups in total. The van der Waals surface area contributed by atoms with Gasteiger partial charge in [-0.05, 0) is 44.2 Å². The lowest BCUT2D eigenvalue weighted by atomic mass is 9.96. The second-order valence-electron chi connectivity index (χ2n) is 6.56. The third-order valence-corrected chi connectivity index (χ3v) is 4.54. The van der Waals surface area contributed by atoms with Crippen LogP contribution in [-0.4, -0.2) is 37.5 Å². The Bertz CT molecular complexity index is 463. The van der Waals surface area contributed by atoms with E-state index in [4.69, 9.17) is 0 Å². The first-order chi connectivity index (χ1) is 9.68. The van der Waals surface area contributed by atoms with Gasteiger partial charge in [-0.1, -0.05) is 30.3 Å². The molecule has 0 saturated heterocycles. The van der Waals surface area contributed by atoms with Crippen LogP contribution in [0.3, 0.4) is 0 Å². The molecule has 2 fully saturated rings. The van der Waals surface area contributed by atoms with Gasteiger partial charge < -0.3 is 5.32 Å². The molecule has 0 heterocycles. The van der Waals surface area contributed by atoms with E-state index >= 15 is 0 Å². The Morgan fingerprint density at radius 3 is 2.60 bits per heavy atom. The molecule has 0 atom stereocenters. The highest BCUT2D eigenvalue weighted by atomic mass is 16.2. The van der Waals surface area contributed by atoms with Gasteiger partial charge in [0.1, 0.15) is 0 Å². The van der Waals surface area contributed by atoms with Crippen molar-refractivity contribution in [2.45, 2.75) is 31.1 Å². The Kier molecular flexibility index (Phi) is 3.79. The van der Waals surface area contributed by atoms with E-state index in [2.05, 4.69) is 34.5 Å². The zero-order valence-electron chi connectivity index (χ0n) is 12.3. The van der Waals surface area contributed by atoms with Crippen molar-refractivity contribution in [3.05, 3.63) is 35.9 Å². The Balaban J connectivity index is 1.45. The van der Waals surface area contributed by atoms with Crippen molar-refractivity contribution in [2.75, 3.05) is 26.7 Å². The number of carbonyl (C=O) groups is 1. The first-order valence-electron chi connectivity index (χ1n) is 7.69. The molecule has 3 rings (SSSR count). The molecule has 2 aliphatic carbocycles. The Morgan fingerprint density at radius 1 is 1.30 bits per heavy atom. The van der Waals surface area contributed by atoms with Crippen LogP contribution in [0, 0.1) is 5.92 Å². The van der Waals surface area contributed by atoms with Crippen molar-refractivity contribution in [2.24, 2.45) is 5.92 Å². The summed E-state index contributed by atoms with van der Waals surface area (Å²) in [4.78, 5) is 14.2. The number of hydrogen-bond donors (Lipinski definition) is 1. The average Bonchev–Trinajstić information content (AvgIpc) is 3.33. The summed E-state index contributed by atoms with van der Waals surface area (Å²) in [5, 5.41) is 3.13. The second-order valence-corrected chi connectivity index (χ2v) is 6.56. The fraction of sp³-hybridized carbons (Fsp3) is 0.588. The molecule has 0 spiro atoms. The van der Waals surface area contributed by atoms with E-state index in [1.54, 1.807) is 0 Å². The average molecular weight is 272 g/mol. The van der Waals surface area contributed by atoms with Crippen LogP contribution in [0.15, 0.2) is 30.3 Å². The van der Waals surface area contributed by atoms with Gasteiger partial charge in [-0.15, -0.1) is 0 Å². The molecular formula is C17H24N2O. The predicted octanol–water partition coefficient (Wildman–Crippen LogP) is 2.18. The molecule has 0 aliphatic heterocycles. The quantitative estimate of drug-likeness (QED) is 0.825. The maximum atomic E-state index is 12.0.